The van der Waals surface area contributed by atoms with Gasteiger partial charge in [-0.1, -0.05) is 18.8 Å². The van der Waals surface area contributed by atoms with E-state index in [1.165, 1.54) is 12.8 Å². The Balaban J connectivity index is 2.00. The Hall–Kier alpha value is -0.330. The molecule has 0 bridgehead atoms. The van der Waals surface area contributed by atoms with Crippen molar-refractivity contribution in [3.8, 4) is 0 Å². The summed E-state index contributed by atoms with van der Waals surface area (Å²) >= 11 is 0. The molecule has 1 saturated carbocycles. The molecule has 1 heteroatoms. The Kier molecular flexibility index (Phi) is 0.906. The first-order valence-electron chi connectivity index (χ1n) is 2.28. The van der Waals surface area contributed by atoms with Crippen LogP contribution in [0.25, 0.3) is 0 Å². The van der Waals surface area contributed by atoms with Crippen LogP contribution >= 0.6 is 0 Å². The molecule has 0 spiro atoms. The number of hydrogen-bond donors (Lipinski definition) is 0. The summed E-state index contributed by atoms with van der Waals surface area (Å²) in [6.07, 6.45) is 5.08. The molecule has 0 aromatic heterocycles. The molecule has 0 amide bonds. The van der Waals surface area contributed by atoms with Crippen molar-refractivity contribution in [3.63, 3.8) is 0 Å². The summed E-state index contributed by atoms with van der Waals surface area (Å²) in [7, 11) is 0. The van der Waals surface area contributed by atoms with Crippen LogP contribution in [0.4, 0.5) is 0 Å². The highest BCUT2D eigenvalue weighted by atomic mass is 16.1. The van der Waals surface area contributed by atoms with Crippen molar-refractivity contribution in [1.29, 1.82) is 0 Å². The van der Waals surface area contributed by atoms with Gasteiger partial charge in [-0.05, 0) is 0 Å². The molecule has 6 heavy (non-hydrogen) atoms. The zero-order chi connectivity index (χ0) is 4.41. The molecule has 0 N–H and O–H groups in total. The van der Waals surface area contributed by atoms with Crippen molar-refractivity contribution in [1.82, 2.24) is 0 Å². The Morgan fingerprint density at radius 3 is 2.50 bits per heavy atom. The minimum Gasteiger partial charge on any atom is -0.542 e. The van der Waals surface area contributed by atoms with Gasteiger partial charge in [0.15, 0.2) is 0 Å². The molecule has 0 heterocycles. The molecule has 1 aliphatic rings. The molecule has 0 radical (unpaired) electrons. The Morgan fingerprint density at radius 2 is 2.33 bits per heavy atom. The minimum absolute atomic E-state index is 0.681. The maximum Gasteiger partial charge on any atom is -0.0525 e. The van der Waals surface area contributed by atoms with Gasteiger partial charge >= 0.3 is 0 Å². The van der Waals surface area contributed by atoms with Crippen LogP contribution in [0.5, 0.6) is 0 Å². The smallest absolute Gasteiger partial charge is 0.0525 e. The van der Waals surface area contributed by atoms with Crippen LogP contribution in [-0.2, 0) is 4.79 Å². The van der Waals surface area contributed by atoms with E-state index in [1.54, 1.807) is 0 Å². The minimum atomic E-state index is 0.681. The van der Waals surface area contributed by atoms with Crippen molar-refractivity contribution in [2.24, 2.45) is 5.92 Å². The lowest BCUT2D eigenvalue weighted by Gasteiger charge is -1.87. The standard InChI is InChI=1S/C5H7O/c6-4-3-5-1-2-5/h5H,1-3H2/q-1. The fraction of sp³-hybridized carbons (Fsp3) is 0.800. The fourth-order valence-electron chi connectivity index (χ4n) is 0.440. The largest absolute Gasteiger partial charge is 0.542 e. The van der Waals surface area contributed by atoms with Crippen LogP contribution < -0.4 is 0 Å². The van der Waals surface area contributed by atoms with Crippen LogP contribution in [0.1, 0.15) is 19.3 Å². The number of carbonyl (C=O) groups excluding carboxylic acids is 1. The normalized spacial score (nSPS) is 20.7. The quantitative estimate of drug-likeness (QED) is 0.453. The van der Waals surface area contributed by atoms with Crippen molar-refractivity contribution >= 4 is 6.29 Å². The molecule has 0 aliphatic heterocycles. The molecule has 1 fully saturated rings. The van der Waals surface area contributed by atoms with Crippen LogP contribution in [0.3, 0.4) is 0 Å². The Bertz CT molecular complexity index is 55.0. The average molecular weight is 83.1 g/mol. The van der Waals surface area contributed by atoms with Gasteiger partial charge in [-0.15, -0.1) is 6.42 Å². The SMILES string of the molecule is O=[C-]CC1CC1. The monoisotopic (exact) mass is 83.1 g/mol. The molecule has 0 aromatic rings. The van der Waals surface area contributed by atoms with E-state index in [-0.39, 0.29) is 0 Å². The Labute approximate surface area is 37.4 Å². The predicted octanol–water partition coefficient (Wildman–Crippen LogP) is 0.896. The molecular weight excluding hydrogens is 76.1 g/mol. The highest BCUT2D eigenvalue weighted by Gasteiger charge is 2.15. The van der Waals surface area contributed by atoms with Crippen LogP contribution in [-0.4, -0.2) is 6.29 Å². The average Bonchev–Trinajstić information content (AvgIpc) is 2.21. The summed E-state index contributed by atoms with van der Waals surface area (Å²) in [5.41, 5.74) is 0. The molecule has 0 aromatic carbocycles. The van der Waals surface area contributed by atoms with E-state index in [4.69, 9.17) is 0 Å². The van der Waals surface area contributed by atoms with E-state index in [9.17, 15) is 4.79 Å². The van der Waals surface area contributed by atoms with Gasteiger partial charge in [0, 0.05) is 0 Å². The van der Waals surface area contributed by atoms with Gasteiger partial charge < -0.3 is 4.79 Å². The van der Waals surface area contributed by atoms with Crippen LogP contribution in [0, 0.1) is 5.92 Å². The van der Waals surface area contributed by atoms with Gasteiger partial charge in [-0.25, -0.2) is 0 Å². The molecule has 0 saturated heterocycles. The first kappa shape index (κ1) is 3.85. The van der Waals surface area contributed by atoms with Gasteiger partial charge in [0.2, 0.25) is 0 Å². The second-order valence-corrected chi connectivity index (χ2v) is 1.79. The molecule has 34 valence electrons. The highest BCUT2D eigenvalue weighted by Crippen LogP contribution is 2.30. The fourth-order valence-corrected chi connectivity index (χ4v) is 0.440. The van der Waals surface area contributed by atoms with Gasteiger partial charge in [-0.3, -0.25) is 6.29 Å². The van der Waals surface area contributed by atoms with Gasteiger partial charge in [-0.2, -0.15) is 0 Å². The third-order valence-electron chi connectivity index (χ3n) is 1.07. The molecule has 1 rings (SSSR count). The molecule has 0 atom stereocenters. The van der Waals surface area contributed by atoms with Crippen molar-refractivity contribution in [3.05, 3.63) is 0 Å². The topological polar surface area (TPSA) is 17.1 Å². The lowest BCUT2D eigenvalue weighted by atomic mass is 10.3. The van der Waals surface area contributed by atoms with E-state index < -0.39 is 0 Å². The molecule has 0 unspecified atom stereocenters. The van der Waals surface area contributed by atoms with Gasteiger partial charge in [0.1, 0.15) is 0 Å². The lowest BCUT2D eigenvalue weighted by molar-refractivity contribution is 0.547. The van der Waals surface area contributed by atoms with E-state index in [0.29, 0.717) is 6.42 Å². The lowest BCUT2D eigenvalue weighted by Crippen LogP contribution is -1.72. The zero-order valence-electron chi connectivity index (χ0n) is 3.61. The van der Waals surface area contributed by atoms with Crippen molar-refractivity contribution < 1.29 is 4.79 Å². The highest BCUT2D eigenvalue weighted by molar-refractivity contribution is 5.51. The summed E-state index contributed by atoms with van der Waals surface area (Å²) in [4.78, 5) is 9.53. The number of rotatable bonds is 2. The van der Waals surface area contributed by atoms with Crippen molar-refractivity contribution in [2.45, 2.75) is 19.3 Å². The second-order valence-electron chi connectivity index (χ2n) is 1.79. The summed E-state index contributed by atoms with van der Waals surface area (Å²) in [6.45, 7) is 0. The second kappa shape index (κ2) is 1.41. The third-order valence-corrected chi connectivity index (χ3v) is 1.07. The molecular formula is C5H7O-. The van der Waals surface area contributed by atoms with Crippen molar-refractivity contribution in [2.75, 3.05) is 0 Å². The van der Waals surface area contributed by atoms with Gasteiger partial charge in [0.05, 0.1) is 0 Å². The number of hydrogen-bond acceptors (Lipinski definition) is 1. The van der Waals surface area contributed by atoms with Crippen LogP contribution in [0.15, 0.2) is 0 Å². The van der Waals surface area contributed by atoms with E-state index in [2.05, 4.69) is 0 Å². The van der Waals surface area contributed by atoms with E-state index >= 15 is 0 Å². The van der Waals surface area contributed by atoms with Gasteiger partial charge in [0.25, 0.3) is 0 Å². The molecule has 1 aliphatic carbocycles. The van der Waals surface area contributed by atoms with Crippen LogP contribution in [0.2, 0.25) is 0 Å². The Morgan fingerprint density at radius 1 is 1.67 bits per heavy atom. The summed E-state index contributed by atoms with van der Waals surface area (Å²) < 4.78 is 0. The summed E-state index contributed by atoms with van der Waals surface area (Å²) in [5.74, 6) is 0.725. The van der Waals surface area contributed by atoms with E-state index in [0.717, 1.165) is 5.92 Å². The summed E-state index contributed by atoms with van der Waals surface area (Å²) in [5, 5.41) is 0. The predicted molar refractivity (Wildman–Crippen MR) is 23.0 cm³/mol. The molecule has 1 nitrogen and oxygen atoms in total. The maximum absolute atomic E-state index is 9.53. The van der Waals surface area contributed by atoms with E-state index in [1.807, 2.05) is 6.29 Å². The zero-order valence-corrected chi connectivity index (χ0v) is 3.61. The maximum atomic E-state index is 9.53. The first-order chi connectivity index (χ1) is 2.93. The third kappa shape index (κ3) is 0.814. The summed E-state index contributed by atoms with van der Waals surface area (Å²) in [6, 6.07) is 0. The first-order valence-corrected chi connectivity index (χ1v) is 2.28.